The van der Waals surface area contributed by atoms with Gasteiger partial charge in [-0.1, -0.05) is 0 Å². The Hall–Kier alpha value is -0.910. The number of aryl methyl sites for hydroxylation is 1. The molecule has 3 heterocycles. The van der Waals surface area contributed by atoms with Gasteiger partial charge in [-0.2, -0.15) is 5.10 Å². The summed E-state index contributed by atoms with van der Waals surface area (Å²) in [6.45, 7) is 3.09. The average Bonchev–Trinajstić information content (AvgIpc) is 2.90. The summed E-state index contributed by atoms with van der Waals surface area (Å²) in [5.41, 5.74) is 0.847. The quantitative estimate of drug-likeness (QED) is 0.741. The molecule has 1 N–H and O–H groups in total. The molecule has 2 saturated heterocycles. The highest BCUT2D eigenvalue weighted by atomic mass is 16.6. The van der Waals surface area contributed by atoms with Gasteiger partial charge >= 0.3 is 0 Å². The van der Waals surface area contributed by atoms with Crippen molar-refractivity contribution in [3.63, 3.8) is 0 Å². The summed E-state index contributed by atoms with van der Waals surface area (Å²) in [6, 6.07) is 2.21. The van der Waals surface area contributed by atoms with Crippen LogP contribution in [0.4, 0.5) is 0 Å². The maximum atomic E-state index is 5.97. The zero-order valence-electron chi connectivity index (χ0n) is 9.48. The molecule has 0 aliphatic carbocycles. The van der Waals surface area contributed by atoms with E-state index in [4.69, 9.17) is 9.47 Å². The number of nitrogens with one attached hydrogen (secondary N) is 1. The first-order chi connectivity index (χ1) is 7.80. The number of hydrogen-bond donors (Lipinski definition) is 1. The molecule has 3 rings (SSSR count). The van der Waals surface area contributed by atoms with E-state index in [0.29, 0.717) is 6.61 Å². The van der Waals surface area contributed by atoms with Gasteiger partial charge in [-0.25, -0.2) is 0 Å². The van der Waals surface area contributed by atoms with Crippen molar-refractivity contribution >= 4 is 0 Å². The van der Waals surface area contributed by atoms with E-state index < -0.39 is 0 Å². The number of nitrogens with zero attached hydrogens (tertiary/aromatic N) is 2. The minimum atomic E-state index is -0.202. The van der Waals surface area contributed by atoms with Crippen LogP contribution < -0.4 is 5.32 Å². The van der Waals surface area contributed by atoms with Gasteiger partial charge in [-0.3, -0.25) is 4.68 Å². The molecule has 1 aromatic rings. The third-order valence-corrected chi connectivity index (χ3v) is 3.41. The summed E-state index contributed by atoms with van der Waals surface area (Å²) in [6.07, 6.45) is 2.91. The van der Waals surface area contributed by atoms with Crippen molar-refractivity contribution < 1.29 is 9.47 Å². The van der Waals surface area contributed by atoms with Crippen LogP contribution in [-0.2, 0) is 16.5 Å². The molecular weight excluding hydrogens is 206 g/mol. The van der Waals surface area contributed by atoms with Gasteiger partial charge in [0.15, 0.2) is 0 Å². The third-order valence-electron chi connectivity index (χ3n) is 3.41. The van der Waals surface area contributed by atoms with Crippen molar-refractivity contribution in [2.45, 2.75) is 18.1 Å². The zero-order valence-corrected chi connectivity index (χ0v) is 9.48. The van der Waals surface area contributed by atoms with Crippen molar-refractivity contribution in [3.8, 4) is 0 Å². The van der Waals surface area contributed by atoms with Crippen molar-refractivity contribution in [3.05, 3.63) is 18.0 Å². The van der Waals surface area contributed by atoms with Crippen molar-refractivity contribution in [1.82, 2.24) is 15.1 Å². The van der Waals surface area contributed by atoms with Crippen LogP contribution in [0.5, 0.6) is 0 Å². The Bertz CT molecular complexity index is 371. The summed E-state index contributed by atoms with van der Waals surface area (Å²) in [7, 11) is 1.94. The van der Waals surface area contributed by atoms with E-state index >= 15 is 0 Å². The van der Waals surface area contributed by atoms with E-state index in [2.05, 4.69) is 10.4 Å². The first kappa shape index (κ1) is 10.3. The lowest BCUT2D eigenvalue weighted by molar-refractivity contribution is -0.0999. The highest BCUT2D eigenvalue weighted by Crippen LogP contribution is 2.37. The van der Waals surface area contributed by atoms with Crippen molar-refractivity contribution in [2.75, 3.05) is 26.4 Å². The molecule has 1 aromatic heterocycles. The largest absolute Gasteiger partial charge is 0.378 e. The molecule has 5 heteroatoms. The molecule has 5 nitrogen and oxygen atoms in total. The molecule has 0 bridgehead atoms. The van der Waals surface area contributed by atoms with Gasteiger partial charge in [0.1, 0.15) is 5.60 Å². The Morgan fingerprint density at radius 3 is 3.19 bits per heavy atom. The second-order valence-electron chi connectivity index (χ2n) is 4.52. The van der Waals surface area contributed by atoms with Gasteiger partial charge in [0, 0.05) is 32.8 Å². The topological polar surface area (TPSA) is 48.3 Å². The Morgan fingerprint density at radius 2 is 2.50 bits per heavy atom. The van der Waals surface area contributed by atoms with E-state index in [-0.39, 0.29) is 11.6 Å². The van der Waals surface area contributed by atoms with Crippen LogP contribution in [0.2, 0.25) is 0 Å². The number of hydrogen-bond acceptors (Lipinski definition) is 4. The average molecular weight is 223 g/mol. The van der Waals surface area contributed by atoms with E-state index in [0.717, 1.165) is 31.9 Å². The number of aromatic nitrogens is 2. The predicted molar refractivity (Wildman–Crippen MR) is 58.1 cm³/mol. The summed E-state index contributed by atoms with van der Waals surface area (Å²) in [5.74, 6) is 0. The van der Waals surface area contributed by atoms with Gasteiger partial charge in [0.05, 0.1) is 24.9 Å². The van der Waals surface area contributed by atoms with Gasteiger partial charge in [0.25, 0.3) is 0 Å². The molecular formula is C11H17N3O2. The van der Waals surface area contributed by atoms with Crippen molar-refractivity contribution in [1.29, 1.82) is 0 Å². The second kappa shape index (κ2) is 3.84. The first-order valence-corrected chi connectivity index (χ1v) is 5.75. The van der Waals surface area contributed by atoms with E-state index in [9.17, 15) is 0 Å². The fourth-order valence-electron chi connectivity index (χ4n) is 2.59. The third kappa shape index (κ3) is 1.55. The summed E-state index contributed by atoms with van der Waals surface area (Å²) < 4.78 is 13.3. The van der Waals surface area contributed by atoms with Gasteiger partial charge < -0.3 is 14.8 Å². The number of ether oxygens (including phenoxy) is 2. The van der Waals surface area contributed by atoms with Crippen LogP contribution in [0.15, 0.2) is 12.3 Å². The molecule has 88 valence electrons. The van der Waals surface area contributed by atoms with Crippen LogP contribution in [0.25, 0.3) is 0 Å². The lowest BCUT2D eigenvalue weighted by Gasteiger charge is -2.39. The van der Waals surface area contributed by atoms with E-state index in [1.807, 2.05) is 24.0 Å². The Balaban J connectivity index is 1.91. The molecule has 2 aliphatic rings. The lowest BCUT2D eigenvalue weighted by atomic mass is 9.89. The number of morpholine rings is 1. The lowest BCUT2D eigenvalue weighted by Crippen LogP contribution is -2.52. The summed E-state index contributed by atoms with van der Waals surface area (Å²) >= 11 is 0. The standard InChI is InChI=1S/C11H17N3O2/c1-14-5-2-9(13-14)10-11(3-6-15-8-11)16-7-4-12-10/h2,5,10,12H,3-4,6-8H2,1H3. The highest BCUT2D eigenvalue weighted by Gasteiger charge is 2.47. The molecule has 0 saturated carbocycles. The first-order valence-electron chi connectivity index (χ1n) is 5.75. The Morgan fingerprint density at radius 1 is 1.56 bits per heavy atom. The molecule has 2 unspecified atom stereocenters. The number of rotatable bonds is 1. The molecule has 2 atom stereocenters. The molecule has 1 spiro atoms. The zero-order chi connectivity index (χ0) is 11.0. The summed E-state index contributed by atoms with van der Waals surface area (Å²) in [5, 5.41) is 7.97. The smallest absolute Gasteiger partial charge is 0.115 e. The molecule has 2 fully saturated rings. The minimum Gasteiger partial charge on any atom is -0.378 e. The monoisotopic (exact) mass is 223 g/mol. The SMILES string of the molecule is Cn1ccc(C2NCCOC23CCOC3)n1. The summed E-state index contributed by atoms with van der Waals surface area (Å²) in [4.78, 5) is 0. The van der Waals surface area contributed by atoms with E-state index in [1.165, 1.54) is 0 Å². The molecule has 2 aliphatic heterocycles. The fourth-order valence-corrected chi connectivity index (χ4v) is 2.59. The predicted octanol–water partition coefficient (Wildman–Crippen LogP) is 0.240. The van der Waals surface area contributed by atoms with Crippen LogP contribution in [0, 0.1) is 0 Å². The maximum absolute atomic E-state index is 5.97. The van der Waals surface area contributed by atoms with Gasteiger partial charge in [-0.15, -0.1) is 0 Å². The fraction of sp³-hybridized carbons (Fsp3) is 0.727. The Kier molecular flexibility index (Phi) is 2.46. The molecule has 0 radical (unpaired) electrons. The normalized spacial score (nSPS) is 34.7. The van der Waals surface area contributed by atoms with Gasteiger partial charge in [-0.05, 0) is 6.07 Å². The van der Waals surface area contributed by atoms with E-state index in [1.54, 1.807) is 0 Å². The molecule has 0 aromatic carbocycles. The minimum absolute atomic E-state index is 0.157. The molecule has 16 heavy (non-hydrogen) atoms. The Labute approximate surface area is 94.7 Å². The van der Waals surface area contributed by atoms with Crippen LogP contribution in [0.3, 0.4) is 0 Å². The van der Waals surface area contributed by atoms with Crippen LogP contribution >= 0.6 is 0 Å². The highest BCUT2D eigenvalue weighted by molar-refractivity contribution is 5.14. The van der Waals surface area contributed by atoms with Crippen LogP contribution in [0.1, 0.15) is 18.2 Å². The second-order valence-corrected chi connectivity index (χ2v) is 4.52. The van der Waals surface area contributed by atoms with Crippen LogP contribution in [-0.4, -0.2) is 41.7 Å². The maximum Gasteiger partial charge on any atom is 0.115 e. The van der Waals surface area contributed by atoms with Crippen molar-refractivity contribution in [2.24, 2.45) is 7.05 Å². The van der Waals surface area contributed by atoms with Gasteiger partial charge in [0.2, 0.25) is 0 Å². The molecule has 0 amide bonds.